The van der Waals surface area contributed by atoms with Crippen LogP contribution in [0.25, 0.3) is 0 Å². The fourth-order valence-electron chi connectivity index (χ4n) is 6.51. The molecule has 0 radical (unpaired) electrons. The van der Waals surface area contributed by atoms with Crippen LogP contribution in [0, 0.1) is 17.5 Å². The quantitative estimate of drug-likeness (QED) is 0.232. The zero-order valence-electron chi connectivity index (χ0n) is 26.3. The Bertz CT molecular complexity index is 1620. The number of methoxy groups -OCH3 is 1. The van der Waals surface area contributed by atoms with E-state index in [2.05, 4.69) is 43.9 Å². The van der Waals surface area contributed by atoms with Gasteiger partial charge in [0.15, 0.2) is 17.5 Å². The van der Waals surface area contributed by atoms with Crippen LogP contribution in [0.3, 0.4) is 0 Å². The number of amides is 1. The number of carbonyl (C=O) groups excluding carboxylic acids is 1. The Morgan fingerprint density at radius 2 is 1.83 bits per heavy atom. The molecule has 0 bridgehead atoms. The number of aromatic nitrogens is 2. The summed E-state index contributed by atoms with van der Waals surface area (Å²) < 4.78 is 54.9. The normalized spacial score (nSPS) is 20.7. The molecule has 11 nitrogen and oxygen atoms in total. The van der Waals surface area contributed by atoms with Crippen molar-refractivity contribution >= 4 is 34.6 Å². The van der Waals surface area contributed by atoms with Gasteiger partial charge in [0.1, 0.15) is 23.7 Å². The van der Waals surface area contributed by atoms with Crippen LogP contribution in [0.5, 0.6) is 5.75 Å². The molecular formula is C33H38F3N7O4. The third-order valence-corrected chi connectivity index (χ3v) is 8.81. The van der Waals surface area contributed by atoms with Gasteiger partial charge in [-0.25, -0.2) is 28.2 Å². The number of rotatable bonds is 9. The van der Waals surface area contributed by atoms with Gasteiger partial charge in [-0.1, -0.05) is 6.58 Å². The molecule has 0 spiro atoms. The standard InChI is InChI=1S/C33H38F3N7O4/c1-4-31(44)40-24-15-25(28(45-3)16-27(24)41-10-7-21(8-11-41)42-12-14-46-20(2)18-42)39-29-17-30(38-19-37-29)43-26(9-13-47-43)32-22(34)5-6-23(35)33(32)36/h4-6,15-17,19-21,26H,1,7-14,18H2,2-3H3,(H,40,44)(H,37,38,39)/t20-,26-/m1/s1. The van der Waals surface area contributed by atoms with Crippen LogP contribution in [0.2, 0.25) is 0 Å². The van der Waals surface area contributed by atoms with Crippen LogP contribution in [-0.2, 0) is 14.4 Å². The third-order valence-electron chi connectivity index (χ3n) is 8.81. The first-order valence-corrected chi connectivity index (χ1v) is 15.7. The topological polar surface area (TPSA) is 104 Å². The fraction of sp³-hybridized carbons (Fsp3) is 0.424. The highest BCUT2D eigenvalue weighted by atomic mass is 19.2. The van der Waals surface area contributed by atoms with Crippen LogP contribution < -0.4 is 25.3 Å². The second-order valence-electron chi connectivity index (χ2n) is 11.8. The van der Waals surface area contributed by atoms with Gasteiger partial charge >= 0.3 is 0 Å². The van der Waals surface area contributed by atoms with Crippen LogP contribution in [0.1, 0.15) is 37.8 Å². The van der Waals surface area contributed by atoms with Gasteiger partial charge in [-0.2, -0.15) is 0 Å². The Morgan fingerprint density at radius 3 is 2.57 bits per heavy atom. The lowest BCUT2D eigenvalue weighted by Gasteiger charge is -2.42. The van der Waals surface area contributed by atoms with E-state index in [0.717, 1.165) is 63.4 Å². The fourth-order valence-corrected chi connectivity index (χ4v) is 6.51. The number of benzene rings is 2. The predicted molar refractivity (Wildman–Crippen MR) is 171 cm³/mol. The number of ether oxygens (including phenoxy) is 2. The molecular weight excluding hydrogens is 615 g/mol. The minimum atomic E-state index is -1.27. The Kier molecular flexibility index (Phi) is 9.80. The molecule has 2 aromatic carbocycles. The first-order chi connectivity index (χ1) is 22.7. The van der Waals surface area contributed by atoms with Crippen LogP contribution in [0.4, 0.5) is 41.9 Å². The molecule has 0 unspecified atom stereocenters. The number of carbonyl (C=O) groups is 1. The monoisotopic (exact) mass is 653 g/mol. The summed E-state index contributed by atoms with van der Waals surface area (Å²) in [5, 5.41) is 7.39. The second-order valence-corrected chi connectivity index (χ2v) is 11.8. The van der Waals surface area contributed by atoms with Crippen LogP contribution in [0.15, 0.2) is 49.3 Å². The Hall–Kier alpha value is -4.40. The molecule has 1 amide bonds. The molecule has 3 aliphatic rings. The summed E-state index contributed by atoms with van der Waals surface area (Å²) in [5.41, 5.74) is 1.44. The minimum absolute atomic E-state index is 0.150. The third kappa shape index (κ3) is 6.99. The van der Waals surface area contributed by atoms with E-state index in [-0.39, 0.29) is 30.9 Å². The lowest BCUT2D eigenvalue weighted by molar-refractivity contribution is -0.111. The molecule has 3 aromatic rings. The minimum Gasteiger partial charge on any atom is -0.494 e. The van der Waals surface area contributed by atoms with Crippen LogP contribution >= 0.6 is 0 Å². The van der Waals surface area contributed by atoms with Crippen molar-refractivity contribution in [1.29, 1.82) is 0 Å². The van der Waals surface area contributed by atoms with Gasteiger partial charge in [-0.15, -0.1) is 0 Å². The summed E-state index contributed by atoms with van der Waals surface area (Å²) in [6.07, 6.45) is 4.86. The summed E-state index contributed by atoms with van der Waals surface area (Å²) >= 11 is 0. The molecule has 47 heavy (non-hydrogen) atoms. The van der Waals surface area contributed by atoms with Gasteiger partial charge in [-0.3, -0.25) is 14.5 Å². The van der Waals surface area contributed by atoms with E-state index in [1.165, 1.54) is 17.5 Å². The van der Waals surface area contributed by atoms with E-state index in [1.807, 2.05) is 6.07 Å². The molecule has 4 heterocycles. The van der Waals surface area contributed by atoms with Gasteiger partial charge in [0.2, 0.25) is 5.91 Å². The average molecular weight is 654 g/mol. The van der Waals surface area contributed by atoms with Crippen LogP contribution in [-0.4, -0.2) is 79.4 Å². The molecule has 3 saturated heterocycles. The van der Waals surface area contributed by atoms with Gasteiger partial charge in [0.25, 0.3) is 0 Å². The highest BCUT2D eigenvalue weighted by Gasteiger charge is 2.35. The van der Waals surface area contributed by atoms with Crippen molar-refractivity contribution in [3.8, 4) is 5.75 Å². The highest BCUT2D eigenvalue weighted by molar-refractivity contribution is 6.02. The second kappa shape index (κ2) is 14.2. The van der Waals surface area contributed by atoms with Gasteiger partial charge in [0.05, 0.1) is 55.1 Å². The van der Waals surface area contributed by atoms with Crippen molar-refractivity contribution < 1.29 is 32.3 Å². The Morgan fingerprint density at radius 1 is 1.04 bits per heavy atom. The van der Waals surface area contributed by atoms with Crippen molar-refractivity contribution in [1.82, 2.24) is 14.9 Å². The molecule has 3 fully saturated rings. The lowest BCUT2D eigenvalue weighted by Crippen LogP contribution is -2.51. The number of hydrogen-bond donors (Lipinski definition) is 2. The maximum Gasteiger partial charge on any atom is 0.247 e. The molecule has 2 N–H and O–H groups in total. The maximum absolute atomic E-state index is 14.7. The van der Waals surface area contributed by atoms with E-state index in [4.69, 9.17) is 14.3 Å². The summed E-state index contributed by atoms with van der Waals surface area (Å²) in [5.74, 6) is -2.63. The number of morpholine rings is 1. The van der Waals surface area contributed by atoms with Crippen molar-refractivity contribution in [2.75, 3.05) is 67.1 Å². The van der Waals surface area contributed by atoms with E-state index < -0.39 is 29.1 Å². The van der Waals surface area contributed by atoms with Crippen molar-refractivity contribution in [3.05, 3.63) is 72.3 Å². The smallest absolute Gasteiger partial charge is 0.247 e. The number of piperidine rings is 1. The van der Waals surface area contributed by atoms with Crippen molar-refractivity contribution in [2.24, 2.45) is 0 Å². The number of halogens is 3. The van der Waals surface area contributed by atoms with E-state index >= 15 is 0 Å². The molecule has 0 saturated carbocycles. The average Bonchev–Trinajstić information content (AvgIpc) is 3.56. The molecule has 2 atom stereocenters. The summed E-state index contributed by atoms with van der Waals surface area (Å²) in [7, 11) is 1.55. The van der Waals surface area contributed by atoms with E-state index in [9.17, 15) is 18.0 Å². The zero-order valence-corrected chi connectivity index (χ0v) is 26.3. The molecule has 0 aliphatic carbocycles. The lowest BCUT2D eigenvalue weighted by atomic mass is 10.0. The van der Waals surface area contributed by atoms with Gasteiger partial charge < -0.3 is 25.0 Å². The number of anilines is 5. The van der Waals surface area contributed by atoms with Crippen molar-refractivity contribution in [3.63, 3.8) is 0 Å². The number of nitrogens with one attached hydrogen (secondary N) is 2. The van der Waals surface area contributed by atoms with Gasteiger partial charge in [-0.05, 0) is 44.0 Å². The molecule has 14 heteroatoms. The number of hydrogen-bond acceptors (Lipinski definition) is 10. The Labute approximate surface area is 271 Å². The van der Waals surface area contributed by atoms with Gasteiger partial charge in [0, 0.05) is 50.8 Å². The largest absolute Gasteiger partial charge is 0.494 e. The molecule has 6 rings (SSSR count). The summed E-state index contributed by atoms with van der Waals surface area (Å²) in [4.78, 5) is 31.5. The highest BCUT2D eigenvalue weighted by Crippen LogP contribution is 2.41. The predicted octanol–water partition coefficient (Wildman–Crippen LogP) is 5.34. The number of nitrogens with zero attached hydrogens (tertiary/aromatic N) is 5. The maximum atomic E-state index is 14.7. The SMILES string of the molecule is C=CC(=O)Nc1cc(Nc2cc(N3OCC[C@@H]3c3c(F)ccc(F)c3F)ncn2)c(OC)cc1N1CCC(N2CCO[C@H](C)C2)CC1. The first-order valence-electron chi connectivity index (χ1n) is 15.7. The summed E-state index contributed by atoms with van der Waals surface area (Å²) in [6, 6.07) is 6.34. The molecule has 1 aromatic heterocycles. The number of hydroxylamine groups is 1. The van der Waals surface area contributed by atoms with E-state index in [0.29, 0.717) is 29.0 Å². The zero-order chi connectivity index (χ0) is 33.1. The first kappa shape index (κ1) is 32.5. The summed E-state index contributed by atoms with van der Waals surface area (Å²) in [6.45, 7) is 10.0. The molecule has 3 aliphatic heterocycles. The molecule has 250 valence electrons. The van der Waals surface area contributed by atoms with Crippen molar-refractivity contribution in [2.45, 2.75) is 44.4 Å². The Balaban J connectivity index is 1.25. The van der Waals surface area contributed by atoms with E-state index in [1.54, 1.807) is 19.2 Å².